The van der Waals surface area contributed by atoms with E-state index in [1.807, 2.05) is 67.0 Å². The highest BCUT2D eigenvalue weighted by Gasteiger charge is 2.20. The first-order chi connectivity index (χ1) is 14.5. The quantitative estimate of drug-likeness (QED) is 0.422. The zero-order valence-corrected chi connectivity index (χ0v) is 16.8. The minimum atomic E-state index is -0.904. The highest BCUT2D eigenvalue weighted by molar-refractivity contribution is 5.88. The van der Waals surface area contributed by atoms with E-state index in [2.05, 4.69) is 14.4 Å². The number of aliphatic hydroxyl groups excluding tert-OH is 1. The van der Waals surface area contributed by atoms with Gasteiger partial charge in [-0.05, 0) is 31.0 Å². The maximum atomic E-state index is 10.3. The Morgan fingerprint density at radius 1 is 1.00 bits per heavy atom. The standard InChI is InChI=1S/C24H22N4O2/c1-24(2,30)17-9-7-15(8-10-17)21-20-13-26-22-19(11-12-25-22)28(20)23(27-21)18-6-4-3-5-16(18)14-29/h3-13,25,29-30H,14H2,1-2H3. The number of nitrogens with one attached hydrogen (secondary N) is 1. The Balaban J connectivity index is 1.80. The van der Waals surface area contributed by atoms with Gasteiger partial charge in [0.2, 0.25) is 0 Å². The average molecular weight is 398 g/mol. The summed E-state index contributed by atoms with van der Waals surface area (Å²) in [6.45, 7) is 3.47. The molecule has 0 radical (unpaired) electrons. The van der Waals surface area contributed by atoms with E-state index in [4.69, 9.17) is 4.98 Å². The molecule has 0 aliphatic carbocycles. The smallest absolute Gasteiger partial charge is 0.154 e. The molecular formula is C24H22N4O2. The number of benzene rings is 2. The van der Waals surface area contributed by atoms with Crippen LogP contribution in [0.5, 0.6) is 0 Å². The fourth-order valence-electron chi connectivity index (χ4n) is 3.86. The third-order valence-corrected chi connectivity index (χ3v) is 5.47. The lowest BCUT2D eigenvalue weighted by atomic mass is 9.97. The van der Waals surface area contributed by atoms with Crippen LogP contribution in [0.2, 0.25) is 0 Å². The highest BCUT2D eigenvalue weighted by atomic mass is 16.3. The van der Waals surface area contributed by atoms with Crippen molar-refractivity contribution in [2.75, 3.05) is 0 Å². The zero-order valence-electron chi connectivity index (χ0n) is 16.8. The van der Waals surface area contributed by atoms with E-state index in [0.717, 1.165) is 50.5 Å². The molecule has 0 spiro atoms. The molecule has 5 aromatic rings. The van der Waals surface area contributed by atoms with Crippen molar-refractivity contribution < 1.29 is 10.2 Å². The molecule has 0 aliphatic rings. The molecule has 0 aliphatic heterocycles. The molecule has 0 bridgehead atoms. The van der Waals surface area contributed by atoms with Crippen LogP contribution in [0.1, 0.15) is 25.0 Å². The lowest BCUT2D eigenvalue weighted by Gasteiger charge is -2.17. The van der Waals surface area contributed by atoms with Crippen LogP contribution in [-0.2, 0) is 12.2 Å². The molecule has 6 nitrogen and oxygen atoms in total. The molecule has 3 N–H and O–H groups in total. The minimum Gasteiger partial charge on any atom is -0.392 e. The molecule has 0 saturated carbocycles. The van der Waals surface area contributed by atoms with E-state index < -0.39 is 5.60 Å². The maximum absolute atomic E-state index is 10.3. The number of rotatable bonds is 4. The van der Waals surface area contributed by atoms with Crippen molar-refractivity contribution in [2.24, 2.45) is 0 Å². The number of imidazole rings is 1. The van der Waals surface area contributed by atoms with E-state index in [1.165, 1.54) is 0 Å². The van der Waals surface area contributed by atoms with Crippen molar-refractivity contribution in [3.05, 3.63) is 78.1 Å². The first kappa shape index (κ1) is 18.5. The van der Waals surface area contributed by atoms with Gasteiger partial charge in [0.05, 0.1) is 35.1 Å². The largest absolute Gasteiger partial charge is 0.392 e. The van der Waals surface area contributed by atoms with Gasteiger partial charge in [0, 0.05) is 17.3 Å². The second-order valence-electron chi connectivity index (χ2n) is 7.93. The Labute approximate surface area is 173 Å². The monoisotopic (exact) mass is 398 g/mol. The number of aromatic nitrogens is 4. The van der Waals surface area contributed by atoms with Gasteiger partial charge in [-0.1, -0.05) is 48.5 Å². The molecule has 3 heterocycles. The number of aliphatic hydroxyl groups is 2. The summed E-state index contributed by atoms with van der Waals surface area (Å²) < 4.78 is 2.08. The molecule has 0 atom stereocenters. The Hall–Kier alpha value is -3.48. The third kappa shape index (κ3) is 2.89. The molecule has 5 rings (SSSR count). The van der Waals surface area contributed by atoms with Gasteiger partial charge in [0.1, 0.15) is 5.82 Å². The van der Waals surface area contributed by atoms with Crippen molar-refractivity contribution in [2.45, 2.75) is 26.1 Å². The third-order valence-electron chi connectivity index (χ3n) is 5.47. The van der Waals surface area contributed by atoms with Gasteiger partial charge in [-0.15, -0.1) is 0 Å². The van der Waals surface area contributed by atoms with Crippen molar-refractivity contribution in [3.8, 4) is 22.6 Å². The Morgan fingerprint density at radius 2 is 1.77 bits per heavy atom. The van der Waals surface area contributed by atoms with Crippen LogP contribution in [0.15, 0.2) is 67.0 Å². The van der Waals surface area contributed by atoms with Crippen LogP contribution < -0.4 is 0 Å². The fraction of sp³-hybridized carbons (Fsp3) is 0.167. The fourth-order valence-corrected chi connectivity index (χ4v) is 3.86. The van der Waals surface area contributed by atoms with Crippen LogP contribution in [-0.4, -0.2) is 29.6 Å². The van der Waals surface area contributed by atoms with Gasteiger partial charge in [-0.3, -0.25) is 4.40 Å². The summed E-state index contributed by atoms with van der Waals surface area (Å²) in [5, 5.41) is 20.1. The number of hydrogen-bond donors (Lipinski definition) is 3. The van der Waals surface area contributed by atoms with Gasteiger partial charge in [-0.2, -0.15) is 0 Å². The number of fused-ring (bicyclic) bond motifs is 3. The molecule has 30 heavy (non-hydrogen) atoms. The summed E-state index contributed by atoms with van der Waals surface area (Å²) >= 11 is 0. The first-order valence-corrected chi connectivity index (χ1v) is 9.84. The Kier molecular flexibility index (Phi) is 4.20. The number of H-pyrrole nitrogens is 1. The lowest BCUT2D eigenvalue weighted by molar-refractivity contribution is 0.0786. The number of aromatic amines is 1. The van der Waals surface area contributed by atoms with E-state index in [1.54, 1.807) is 13.8 Å². The predicted octanol–water partition coefficient (Wildman–Crippen LogP) is 4.26. The molecule has 0 fully saturated rings. The summed E-state index contributed by atoms with van der Waals surface area (Å²) in [4.78, 5) is 12.7. The minimum absolute atomic E-state index is 0.0674. The Morgan fingerprint density at radius 3 is 2.50 bits per heavy atom. The molecule has 2 aromatic carbocycles. The predicted molar refractivity (Wildman–Crippen MR) is 117 cm³/mol. The van der Waals surface area contributed by atoms with Gasteiger partial charge < -0.3 is 15.2 Å². The molecular weight excluding hydrogens is 376 g/mol. The van der Waals surface area contributed by atoms with E-state index in [-0.39, 0.29) is 6.61 Å². The molecule has 0 unspecified atom stereocenters. The van der Waals surface area contributed by atoms with Gasteiger partial charge in [0.25, 0.3) is 0 Å². The summed E-state index contributed by atoms with van der Waals surface area (Å²) in [6.07, 6.45) is 3.67. The second-order valence-corrected chi connectivity index (χ2v) is 7.93. The van der Waals surface area contributed by atoms with Crippen molar-refractivity contribution >= 4 is 16.7 Å². The maximum Gasteiger partial charge on any atom is 0.154 e. The van der Waals surface area contributed by atoms with Gasteiger partial charge in [0.15, 0.2) is 5.65 Å². The summed E-state index contributed by atoms with van der Waals surface area (Å²) in [5.74, 6) is 0.753. The zero-order chi connectivity index (χ0) is 20.9. The van der Waals surface area contributed by atoms with Crippen LogP contribution in [0, 0.1) is 0 Å². The highest BCUT2D eigenvalue weighted by Crippen LogP contribution is 2.34. The second kappa shape index (κ2) is 6.79. The topological polar surface area (TPSA) is 86.4 Å². The van der Waals surface area contributed by atoms with E-state index >= 15 is 0 Å². The molecule has 150 valence electrons. The summed E-state index contributed by atoms with van der Waals surface area (Å²) in [6, 6.07) is 17.5. The normalized spacial score (nSPS) is 12.1. The van der Waals surface area contributed by atoms with E-state index in [0.29, 0.717) is 0 Å². The summed E-state index contributed by atoms with van der Waals surface area (Å²) in [5.41, 5.74) is 5.93. The number of nitrogens with zero attached hydrogens (tertiary/aromatic N) is 3. The van der Waals surface area contributed by atoms with Crippen molar-refractivity contribution in [3.63, 3.8) is 0 Å². The lowest BCUT2D eigenvalue weighted by Crippen LogP contribution is -2.14. The molecule has 3 aromatic heterocycles. The van der Waals surface area contributed by atoms with Crippen molar-refractivity contribution in [1.82, 2.24) is 19.4 Å². The molecule has 6 heteroatoms. The number of hydrogen-bond acceptors (Lipinski definition) is 4. The van der Waals surface area contributed by atoms with Crippen LogP contribution in [0.25, 0.3) is 39.3 Å². The van der Waals surface area contributed by atoms with Crippen LogP contribution in [0.3, 0.4) is 0 Å². The molecule has 0 saturated heterocycles. The molecule has 0 amide bonds. The Bertz CT molecular complexity index is 1360. The van der Waals surface area contributed by atoms with Crippen molar-refractivity contribution in [1.29, 1.82) is 0 Å². The van der Waals surface area contributed by atoms with Crippen LogP contribution >= 0.6 is 0 Å². The SMILES string of the molecule is CC(C)(O)c1ccc(-c2nc(-c3ccccc3CO)n3c2cnc2[nH]ccc23)cc1. The van der Waals surface area contributed by atoms with Crippen LogP contribution in [0.4, 0.5) is 0 Å². The van der Waals surface area contributed by atoms with E-state index in [9.17, 15) is 10.2 Å². The average Bonchev–Trinajstić information content (AvgIpc) is 3.37. The summed E-state index contributed by atoms with van der Waals surface area (Å²) in [7, 11) is 0. The first-order valence-electron chi connectivity index (χ1n) is 9.84. The van der Waals surface area contributed by atoms with Gasteiger partial charge in [-0.25, -0.2) is 9.97 Å². The van der Waals surface area contributed by atoms with Gasteiger partial charge >= 0.3 is 0 Å².